The molecule has 1 aliphatic heterocycles. The Morgan fingerprint density at radius 3 is 2.53 bits per heavy atom. The van der Waals surface area contributed by atoms with Gasteiger partial charge in [0, 0.05) is 37.4 Å². The summed E-state index contributed by atoms with van der Waals surface area (Å²) in [6, 6.07) is 0. The van der Waals surface area contributed by atoms with Gasteiger partial charge in [-0.2, -0.15) is 0 Å². The molecule has 0 aromatic carbocycles. The van der Waals surface area contributed by atoms with E-state index in [-0.39, 0.29) is 34.7 Å². The number of carbonyl (C=O) groups is 2. The van der Waals surface area contributed by atoms with E-state index in [1.54, 1.807) is 0 Å². The summed E-state index contributed by atoms with van der Waals surface area (Å²) in [7, 11) is 0. The number of Topliss-reactive ketones (excluding diaryl/α,β-unsaturated/α-hetero) is 1. The van der Waals surface area contributed by atoms with Gasteiger partial charge in [-0.1, -0.05) is 40.7 Å². The maximum atomic E-state index is 13.6. The standard InChI is InChI=1S/C27H45NO4/c1-7-19(2)18-21(29)25-20(3)8-9-22-26(4,5)12-10-23(27(22,25)6)32-24(30)11-13-28-14-16-31-17-15-28/h7,19-20,22-23,25H,1,8-18H2,2-6H3/t19-,20+,22+,23?,25-,27-/m1/s1. The molecule has 1 heterocycles. The molecule has 32 heavy (non-hydrogen) atoms. The van der Waals surface area contributed by atoms with Gasteiger partial charge in [0.05, 0.1) is 19.6 Å². The summed E-state index contributed by atoms with van der Waals surface area (Å²) in [5.41, 5.74) is -0.166. The quantitative estimate of drug-likeness (QED) is 0.392. The zero-order valence-electron chi connectivity index (χ0n) is 21.0. The summed E-state index contributed by atoms with van der Waals surface area (Å²) in [5.74, 6) is 0.994. The van der Waals surface area contributed by atoms with Gasteiger partial charge in [0.1, 0.15) is 11.9 Å². The number of hydrogen-bond donors (Lipinski definition) is 0. The average Bonchev–Trinajstić information content (AvgIpc) is 2.74. The van der Waals surface area contributed by atoms with Crippen molar-refractivity contribution in [1.29, 1.82) is 0 Å². The molecule has 6 atom stereocenters. The van der Waals surface area contributed by atoms with Gasteiger partial charge in [0.25, 0.3) is 0 Å². The minimum atomic E-state index is -0.313. The number of ketones is 1. The molecule has 0 N–H and O–H groups in total. The highest BCUT2D eigenvalue weighted by molar-refractivity contribution is 5.83. The minimum absolute atomic E-state index is 0.0692. The van der Waals surface area contributed by atoms with E-state index in [1.807, 2.05) is 6.08 Å². The summed E-state index contributed by atoms with van der Waals surface area (Å²) in [5, 5.41) is 0. The molecule has 3 aliphatic rings. The van der Waals surface area contributed by atoms with Crippen molar-refractivity contribution in [2.24, 2.45) is 34.5 Å². The number of morpholine rings is 1. The second-order valence-corrected chi connectivity index (χ2v) is 11.5. The Balaban J connectivity index is 1.79. The lowest BCUT2D eigenvalue weighted by Gasteiger charge is -2.61. The van der Waals surface area contributed by atoms with Gasteiger partial charge in [-0.25, -0.2) is 0 Å². The van der Waals surface area contributed by atoms with Crippen LogP contribution in [0.1, 0.15) is 73.1 Å². The van der Waals surface area contributed by atoms with Crippen molar-refractivity contribution < 1.29 is 19.1 Å². The van der Waals surface area contributed by atoms with E-state index >= 15 is 0 Å². The lowest BCUT2D eigenvalue weighted by molar-refractivity contribution is -0.197. The molecule has 1 unspecified atom stereocenters. The molecule has 2 saturated carbocycles. The number of nitrogens with zero attached hydrogens (tertiary/aromatic N) is 1. The zero-order valence-corrected chi connectivity index (χ0v) is 21.0. The molecule has 3 fully saturated rings. The molecule has 3 rings (SSSR count). The van der Waals surface area contributed by atoms with Crippen molar-refractivity contribution in [1.82, 2.24) is 4.90 Å². The first-order valence-electron chi connectivity index (χ1n) is 12.7. The van der Waals surface area contributed by atoms with Crippen molar-refractivity contribution in [3.05, 3.63) is 12.7 Å². The first kappa shape index (κ1) is 25.4. The second-order valence-electron chi connectivity index (χ2n) is 11.5. The maximum Gasteiger partial charge on any atom is 0.307 e. The van der Waals surface area contributed by atoms with E-state index in [4.69, 9.17) is 9.47 Å². The number of fused-ring (bicyclic) bond motifs is 1. The van der Waals surface area contributed by atoms with E-state index in [2.05, 4.69) is 46.1 Å². The molecule has 0 radical (unpaired) electrons. The molecule has 5 nitrogen and oxygen atoms in total. The number of allylic oxidation sites excluding steroid dienone is 1. The highest BCUT2D eigenvalue weighted by atomic mass is 16.5. The smallest absolute Gasteiger partial charge is 0.307 e. The highest BCUT2D eigenvalue weighted by Crippen LogP contribution is 2.62. The Bertz CT molecular complexity index is 683. The fraction of sp³-hybridized carbons (Fsp3) is 0.852. The van der Waals surface area contributed by atoms with Crippen LogP contribution in [0.3, 0.4) is 0 Å². The molecule has 1 saturated heterocycles. The van der Waals surface area contributed by atoms with Crippen molar-refractivity contribution >= 4 is 11.8 Å². The van der Waals surface area contributed by atoms with E-state index in [9.17, 15) is 9.59 Å². The van der Waals surface area contributed by atoms with E-state index in [1.165, 1.54) is 0 Å². The van der Waals surface area contributed by atoms with Gasteiger partial charge in [0.2, 0.25) is 0 Å². The Morgan fingerprint density at radius 1 is 1.19 bits per heavy atom. The Hall–Kier alpha value is -1.20. The molecule has 182 valence electrons. The van der Waals surface area contributed by atoms with E-state index in [0.717, 1.165) is 58.5 Å². The summed E-state index contributed by atoms with van der Waals surface area (Å²) >= 11 is 0. The highest BCUT2D eigenvalue weighted by Gasteiger charge is 2.61. The lowest BCUT2D eigenvalue weighted by atomic mass is 9.44. The van der Waals surface area contributed by atoms with Gasteiger partial charge in [-0.05, 0) is 48.9 Å². The van der Waals surface area contributed by atoms with Crippen LogP contribution in [-0.2, 0) is 19.1 Å². The molecule has 5 heteroatoms. The van der Waals surface area contributed by atoms with Gasteiger partial charge in [-0.15, -0.1) is 6.58 Å². The monoisotopic (exact) mass is 447 g/mol. The molecular formula is C27H45NO4. The average molecular weight is 448 g/mol. The number of ether oxygens (including phenoxy) is 2. The third kappa shape index (κ3) is 5.30. The molecule has 0 spiro atoms. The number of hydrogen-bond acceptors (Lipinski definition) is 5. The van der Waals surface area contributed by atoms with Crippen LogP contribution in [0.2, 0.25) is 0 Å². The molecule has 0 aromatic rings. The SMILES string of the molecule is C=C[C@@H](C)CC(=O)[C@H]1[C@@H](C)CC[C@H]2C(C)(C)CCC(OC(=O)CCN3CCOCC3)[C@]12C. The number of rotatable bonds is 8. The molecule has 0 bridgehead atoms. The van der Waals surface area contributed by atoms with Gasteiger partial charge in [0.15, 0.2) is 0 Å². The number of carbonyl (C=O) groups excluding carboxylic acids is 2. The third-order valence-electron chi connectivity index (χ3n) is 8.87. The minimum Gasteiger partial charge on any atom is -0.462 e. The summed E-state index contributed by atoms with van der Waals surface area (Å²) in [6.45, 7) is 19.0. The molecule has 0 amide bonds. The van der Waals surface area contributed by atoms with E-state index < -0.39 is 0 Å². The third-order valence-corrected chi connectivity index (χ3v) is 8.87. The summed E-state index contributed by atoms with van der Waals surface area (Å²) in [4.78, 5) is 28.8. The summed E-state index contributed by atoms with van der Waals surface area (Å²) < 4.78 is 11.6. The normalized spacial score (nSPS) is 36.0. The van der Waals surface area contributed by atoms with Gasteiger partial charge < -0.3 is 9.47 Å². The van der Waals surface area contributed by atoms with Gasteiger partial charge in [-0.3, -0.25) is 14.5 Å². The Morgan fingerprint density at radius 2 is 1.88 bits per heavy atom. The maximum absolute atomic E-state index is 13.6. The first-order chi connectivity index (χ1) is 15.1. The second kappa shape index (κ2) is 10.4. The van der Waals surface area contributed by atoms with Crippen LogP contribution in [0.25, 0.3) is 0 Å². The number of esters is 1. The topological polar surface area (TPSA) is 55.8 Å². The van der Waals surface area contributed by atoms with Crippen LogP contribution in [-0.4, -0.2) is 55.6 Å². The summed E-state index contributed by atoms with van der Waals surface area (Å²) in [6.07, 6.45) is 6.67. The van der Waals surface area contributed by atoms with Crippen LogP contribution in [0.5, 0.6) is 0 Å². The Kier molecular flexibility index (Phi) is 8.25. The fourth-order valence-electron chi connectivity index (χ4n) is 7.05. The van der Waals surface area contributed by atoms with Crippen molar-refractivity contribution in [3.63, 3.8) is 0 Å². The van der Waals surface area contributed by atoms with Crippen LogP contribution in [0, 0.1) is 34.5 Å². The fourth-order valence-corrected chi connectivity index (χ4v) is 7.05. The van der Waals surface area contributed by atoms with Gasteiger partial charge >= 0.3 is 5.97 Å². The van der Waals surface area contributed by atoms with E-state index in [0.29, 0.717) is 30.5 Å². The Labute approximate surface area is 195 Å². The molecule has 2 aliphatic carbocycles. The molecule has 0 aromatic heterocycles. The van der Waals surface area contributed by atoms with Crippen LogP contribution in [0.15, 0.2) is 12.7 Å². The predicted octanol–water partition coefficient (Wildman–Crippen LogP) is 4.89. The first-order valence-corrected chi connectivity index (χ1v) is 12.7. The van der Waals surface area contributed by atoms with Crippen molar-refractivity contribution in [3.8, 4) is 0 Å². The van der Waals surface area contributed by atoms with Crippen molar-refractivity contribution in [2.75, 3.05) is 32.8 Å². The van der Waals surface area contributed by atoms with Crippen LogP contribution in [0.4, 0.5) is 0 Å². The lowest BCUT2D eigenvalue weighted by Crippen LogP contribution is -2.60. The zero-order chi connectivity index (χ0) is 23.5. The van der Waals surface area contributed by atoms with Crippen LogP contribution >= 0.6 is 0 Å². The molecular weight excluding hydrogens is 402 g/mol. The van der Waals surface area contributed by atoms with Crippen LogP contribution < -0.4 is 0 Å². The largest absolute Gasteiger partial charge is 0.462 e. The predicted molar refractivity (Wildman–Crippen MR) is 127 cm³/mol. The van der Waals surface area contributed by atoms with Crippen molar-refractivity contribution in [2.45, 2.75) is 79.2 Å².